The van der Waals surface area contributed by atoms with Gasteiger partial charge in [0.1, 0.15) is 5.78 Å². The summed E-state index contributed by atoms with van der Waals surface area (Å²) in [6.07, 6.45) is 12.1. The molecule has 0 radical (unpaired) electrons. The van der Waals surface area contributed by atoms with Crippen LogP contribution in [0.5, 0.6) is 0 Å². The highest BCUT2D eigenvalue weighted by atomic mass is 16.1. The summed E-state index contributed by atoms with van der Waals surface area (Å²) in [7, 11) is 0. The molecule has 0 bridgehead atoms. The maximum atomic E-state index is 12.1. The molecular weight excluding hydrogens is 220 g/mol. The van der Waals surface area contributed by atoms with Crippen LogP contribution in [-0.4, -0.2) is 5.78 Å². The van der Waals surface area contributed by atoms with E-state index in [-0.39, 0.29) is 0 Å². The van der Waals surface area contributed by atoms with E-state index in [2.05, 4.69) is 20.8 Å². The molecule has 1 fully saturated rings. The third-order valence-corrected chi connectivity index (χ3v) is 4.83. The molecule has 0 aliphatic heterocycles. The highest BCUT2D eigenvalue weighted by Gasteiger charge is 2.28. The van der Waals surface area contributed by atoms with Crippen LogP contribution in [0, 0.1) is 17.8 Å². The van der Waals surface area contributed by atoms with Gasteiger partial charge in [0, 0.05) is 12.3 Å². The van der Waals surface area contributed by atoms with Gasteiger partial charge in [0.05, 0.1) is 0 Å². The molecule has 1 heteroatoms. The van der Waals surface area contributed by atoms with Crippen molar-refractivity contribution in [3.63, 3.8) is 0 Å². The number of rotatable bonds is 8. The standard InChI is InChI=1S/C17H32O/c1-4-5-6-7-8-9-10-17(18)16-12-11-14(2)15(3)13-16/h14-16H,4-13H2,1-3H3. The fraction of sp³-hybridized carbons (Fsp3) is 0.941. The lowest BCUT2D eigenvalue weighted by atomic mass is 9.74. The quantitative estimate of drug-likeness (QED) is 0.530. The van der Waals surface area contributed by atoms with Crippen LogP contribution in [0.3, 0.4) is 0 Å². The van der Waals surface area contributed by atoms with Gasteiger partial charge in [-0.25, -0.2) is 0 Å². The summed E-state index contributed by atoms with van der Waals surface area (Å²) in [6.45, 7) is 6.89. The summed E-state index contributed by atoms with van der Waals surface area (Å²) in [4.78, 5) is 12.1. The molecular formula is C17H32O. The molecule has 0 saturated heterocycles. The molecule has 1 aliphatic carbocycles. The van der Waals surface area contributed by atoms with Crippen LogP contribution in [0.15, 0.2) is 0 Å². The first-order valence-electron chi connectivity index (χ1n) is 8.17. The molecule has 1 aliphatic rings. The molecule has 3 unspecified atom stereocenters. The molecule has 106 valence electrons. The van der Waals surface area contributed by atoms with Crippen LogP contribution in [0.25, 0.3) is 0 Å². The maximum absolute atomic E-state index is 12.1. The third kappa shape index (κ3) is 5.54. The zero-order valence-corrected chi connectivity index (χ0v) is 12.7. The van der Waals surface area contributed by atoms with E-state index >= 15 is 0 Å². The van der Waals surface area contributed by atoms with E-state index in [0.29, 0.717) is 11.7 Å². The van der Waals surface area contributed by atoms with Crippen molar-refractivity contribution < 1.29 is 4.79 Å². The average molecular weight is 252 g/mol. The number of hydrogen-bond donors (Lipinski definition) is 0. The van der Waals surface area contributed by atoms with E-state index in [1.54, 1.807) is 0 Å². The van der Waals surface area contributed by atoms with Gasteiger partial charge in [0.2, 0.25) is 0 Å². The minimum Gasteiger partial charge on any atom is -0.299 e. The predicted molar refractivity (Wildman–Crippen MR) is 78.7 cm³/mol. The molecule has 0 amide bonds. The Balaban J connectivity index is 2.09. The van der Waals surface area contributed by atoms with Gasteiger partial charge in [-0.1, -0.05) is 52.9 Å². The molecule has 0 aromatic rings. The number of carbonyl (C=O) groups excluding carboxylic acids is 1. The summed E-state index contributed by atoms with van der Waals surface area (Å²) in [5, 5.41) is 0. The molecule has 1 rings (SSSR count). The molecule has 0 heterocycles. The van der Waals surface area contributed by atoms with Crippen LogP contribution in [0.2, 0.25) is 0 Å². The minimum absolute atomic E-state index is 0.395. The van der Waals surface area contributed by atoms with Crippen LogP contribution < -0.4 is 0 Å². The summed E-state index contributed by atoms with van der Waals surface area (Å²) < 4.78 is 0. The molecule has 0 aromatic carbocycles. The minimum atomic E-state index is 0.395. The Morgan fingerprint density at radius 1 is 0.944 bits per heavy atom. The van der Waals surface area contributed by atoms with Gasteiger partial charge in [-0.15, -0.1) is 0 Å². The normalized spacial score (nSPS) is 28.3. The summed E-state index contributed by atoms with van der Waals surface area (Å²) in [6, 6.07) is 0. The second-order valence-corrected chi connectivity index (χ2v) is 6.45. The Hall–Kier alpha value is -0.330. The molecule has 0 N–H and O–H groups in total. The van der Waals surface area contributed by atoms with Gasteiger partial charge in [0.15, 0.2) is 0 Å². The van der Waals surface area contributed by atoms with Gasteiger partial charge in [0.25, 0.3) is 0 Å². The molecule has 1 saturated carbocycles. The van der Waals surface area contributed by atoms with Gasteiger partial charge in [-0.3, -0.25) is 4.79 Å². The van der Waals surface area contributed by atoms with E-state index in [9.17, 15) is 4.79 Å². The lowest BCUT2D eigenvalue weighted by Gasteiger charge is -2.31. The second-order valence-electron chi connectivity index (χ2n) is 6.45. The zero-order valence-electron chi connectivity index (χ0n) is 12.7. The van der Waals surface area contributed by atoms with Crippen LogP contribution in [0.1, 0.15) is 85.0 Å². The fourth-order valence-corrected chi connectivity index (χ4v) is 3.12. The van der Waals surface area contributed by atoms with Crippen molar-refractivity contribution in [1.82, 2.24) is 0 Å². The topological polar surface area (TPSA) is 17.1 Å². The number of ketones is 1. The van der Waals surface area contributed by atoms with Crippen molar-refractivity contribution in [2.75, 3.05) is 0 Å². The lowest BCUT2D eigenvalue weighted by Crippen LogP contribution is -2.26. The Labute approximate surface area is 114 Å². The van der Waals surface area contributed by atoms with Crippen molar-refractivity contribution in [3.05, 3.63) is 0 Å². The Kier molecular flexibility index (Phi) is 7.62. The Morgan fingerprint density at radius 3 is 2.28 bits per heavy atom. The van der Waals surface area contributed by atoms with Crippen LogP contribution >= 0.6 is 0 Å². The van der Waals surface area contributed by atoms with Gasteiger partial charge in [-0.05, 0) is 37.5 Å². The molecule has 0 spiro atoms. The van der Waals surface area contributed by atoms with Gasteiger partial charge in [-0.2, -0.15) is 0 Å². The largest absolute Gasteiger partial charge is 0.299 e. The van der Waals surface area contributed by atoms with E-state index in [1.165, 1.54) is 38.5 Å². The first kappa shape index (κ1) is 15.7. The SMILES string of the molecule is CCCCCCCCC(=O)C1CCC(C)C(C)C1. The fourth-order valence-electron chi connectivity index (χ4n) is 3.12. The van der Waals surface area contributed by atoms with E-state index in [0.717, 1.165) is 37.5 Å². The van der Waals surface area contributed by atoms with Gasteiger partial charge < -0.3 is 0 Å². The Bertz CT molecular complexity index is 234. The lowest BCUT2D eigenvalue weighted by molar-refractivity contribution is -0.124. The summed E-state index contributed by atoms with van der Waals surface area (Å²) in [5.74, 6) is 2.52. The number of Topliss-reactive ketones (excluding diaryl/α,β-unsaturated/α-hetero) is 1. The van der Waals surface area contributed by atoms with E-state index in [1.807, 2.05) is 0 Å². The summed E-state index contributed by atoms with van der Waals surface area (Å²) in [5.41, 5.74) is 0. The molecule has 1 nitrogen and oxygen atoms in total. The smallest absolute Gasteiger partial charge is 0.135 e. The average Bonchev–Trinajstić information content (AvgIpc) is 2.36. The van der Waals surface area contributed by atoms with E-state index in [4.69, 9.17) is 0 Å². The van der Waals surface area contributed by atoms with Crippen LogP contribution in [0.4, 0.5) is 0 Å². The van der Waals surface area contributed by atoms with Crippen molar-refractivity contribution in [2.45, 2.75) is 85.0 Å². The molecule has 18 heavy (non-hydrogen) atoms. The first-order chi connectivity index (χ1) is 8.65. The van der Waals surface area contributed by atoms with Crippen molar-refractivity contribution >= 4 is 5.78 Å². The monoisotopic (exact) mass is 252 g/mol. The van der Waals surface area contributed by atoms with Crippen molar-refractivity contribution in [2.24, 2.45) is 17.8 Å². The number of unbranched alkanes of at least 4 members (excludes halogenated alkanes) is 5. The highest BCUT2D eigenvalue weighted by molar-refractivity contribution is 5.81. The molecule has 3 atom stereocenters. The van der Waals surface area contributed by atoms with Crippen molar-refractivity contribution in [1.29, 1.82) is 0 Å². The third-order valence-electron chi connectivity index (χ3n) is 4.83. The van der Waals surface area contributed by atoms with E-state index < -0.39 is 0 Å². The second kappa shape index (κ2) is 8.72. The van der Waals surface area contributed by atoms with Crippen LogP contribution in [-0.2, 0) is 4.79 Å². The number of carbonyl (C=O) groups is 1. The Morgan fingerprint density at radius 2 is 1.61 bits per heavy atom. The highest BCUT2D eigenvalue weighted by Crippen LogP contribution is 2.34. The predicted octanol–water partition coefficient (Wildman–Crippen LogP) is 5.38. The maximum Gasteiger partial charge on any atom is 0.135 e. The first-order valence-corrected chi connectivity index (χ1v) is 8.17. The summed E-state index contributed by atoms with van der Waals surface area (Å²) >= 11 is 0. The molecule has 0 aromatic heterocycles. The number of hydrogen-bond acceptors (Lipinski definition) is 1. The zero-order chi connectivity index (χ0) is 13.4. The van der Waals surface area contributed by atoms with Crippen molar-refractivity contribution in [3.8, 4) is 0 Å². The van der Waals surface area contributed by atoms with Gasteiger partial charge >= 0.3 is 0 Å².